The molecule has 6 nitrogen and oxygen atoms in total. The first-order valence-corrected chi connectivity index (χ1v) is 11.5. The normalized spacial score (nSPS) is 11.8. The van der Waals surface area contributed by atoms with Gasteiger partial charge in [-0.05, 0) is 54.3 Å². The highest BCUT2D eigenvalue weighted by atomic mass is 32.2. The summed E-state index contributed by atoms with van der Waals surface area (Å²) >= 11 is 0. The smallest absolute Gasteiger partial charge is 0.251 e. The van der Waals surface area contributed by atoms with Crippen molar-refractivity contribution in [3.63, 3.8) is 0 Å². The molecule has 1 amide bonds. The molecule has 0 atom stereocenters. The van der Waals surface area contributed by atoms with Crippen molar-refractivity contribution in [1.82, 2.24) is 5.32 Å². The van der Waals surface area contributed by atoms with E-state index in [1.807, 2.05) is 24.3 Å². The quantitative estimate of drug-likeness (QED) is 0.665. The Morgan fingerprint density at radius 3 is 2.10 bits per heavy atom. The van der Waals surface area contributed by atoms with Crippen molar-refractivity contribution < 1.29 is 17.9 Å². The van der Waals surface area contributed by atoms with Gasteiger partial charge < -0.3 is 10.1 Å². The van der Waals surface area contributed by atoms with Crippen LogP contribution in [0, 0.1) is 0 Å². The highest BCUT2D eigenvalue weighted by molar-refractivity contribution is 7.92. The maximum atomic E-state index is 12.3. The average molecular weight is 419 g/mol. The molecule has 0 unspecified atom stereocenters. The first-order chi connectivity index (χ1) is 13.5. The Kier molecular flexibility index (Phi) is 7.30. The third-order valence-electron chi connectivity index (χ3n) is 4.48. The van der Waals surface area contributed by atoms with E-state index in [1.54, 1.807) is 31.2 Å². The molecule has 2 aromatic carbocycles. The molecule has 2 aromatic rings. The number of amides is 1. The van der Waals surface area contributed by atoms with Crippen LogP contribution in [0.1, 0.15) is 43.6 Å². The minimum Gasteiger partial charge on any atom is -0.492 e. The highest BCUT2D eigenvalue weighted by Crippen LogP contribution is 2.24. The van der Waals surface area contributed by atoms with Crippen LogP contribution in [0.4, 0.5) is 5.69 Å². The van der Waals surface area contributed by atoms with Crippen molar-refractivity contribution in [3.8, 4) is 5.75 Å². The summed E-state index contributed by atoms with van der Waals surface area (Å²) in [5, 5.41) is 2.80. The van der Waals surface area contributed by atoms with E-state index >= 15 is 0 Å². The number of benzene rings is 2. The van der Waals surface area contributed by atoms with Crippen LogP contribution in [-0.4, -0.2) is 40.3 Å². The molecular formula is C22H30N2O4S. The monoisotopic (exact) mass is 418 g/mol. The summed E-state index contributed by atoms with van der Waals surface area (Å²) in [6.45, 7) is 9.29. The van der Waals surface area contributed by atoms with Gasteiger partial charge in [0.05, 0.1) is 18.5 Å². The number of sulfonamides is 1. The first-order valence-electron chi connectivity index (χ1n) is 9.61. The van der Waals surface area contributed by atoms with Gasteiger partial charge in [0.15, 0.2) is 0 Å². The molecule has 2 rings (SSSR count). The van der Waals surface area contributed by atoms with Gasteiger partial charge in [-0.15, -0.1) is 0 Å². The van der Waals surface area contributed by atoms with Crippen LogP contribution in [0.15, 0.2) is 48.5 Å². The van der Waals surface area contributed by atoms with Crippen molar-refractivity contribution in [2.45, 2.75) is 33.1 Å². The van der Waals surface area contributed by atoms with Crippen LogP contribution in [0.25, 0.3) is 0 Å². The number of nitrogens with one attached hydrogen (secondary N) is 1. The van der Waals surface area contributed by atoms with E-state index in [1.165, 1.54) is 9.87 Å². The zero-order valence-corrected chi connectivity index (χ0v) is 18.5. The molecule has 29 heavy (non-hydrogen) atoms. The zero-order chi connectivity index (χ0) is 21.7. The van der Waals surface area contributed by atoms with Gasteiger partial charge in [-0.2, -0.15) is 0 Å². The van der Waals surface area contributed by atoms with E-state index in [2.05, 4.69) is 26.1 Å². The van der Waals surface area contributed by atoms with Crippen LogP contribution in [0.3, 0.4) is 0 Å². The highest BCUT2D eigenvalue weighted by Gasteiger charge is 2.16. The lowest BCUT2D eigenvalue weighted by atomic mass is 9.87. The second-order valence-electron chi connectivity index (χ2n) is 7.85. The van der Waals surface area contributed by atoms with Gasteiger partial charge >= 0.3 is 0 Å². The number of hydrogen-bond donors (Lipinski definition) is 1. The topological polar surface area (TPSA) is 75.7 Å². The summed E-state index contributed by atoms with van der Waals surface area (Å²) in [7, 11) is -3.34. The summed E-state index contributed by atoms with van der Waals surface area (Å²) in [5.41, 5.74) is 2.33. The molecule has 0 aliphatic rings. The molecule has 0 saturated heterocycles. The molecule has 7 heteroatoms. The molecule has 1 N–H and O–H groups in total. The average Bonchev–Trinajstić information content (AvgIpc) is 2.65. The maximum Gasteiger partial charge on any atom is 0.251 e. The van der Waals surface area contributed by atoms with Crippen LogP contribution in [-0.2, 0) is 15.4 Å². The number of carbonyl (C=O) groups is 1. The Morgan fingerprint density at radius 1 is 1.03 bits per heavy atom. The molecule has 0 aromatic heterocycles. The Hall–Kier alpha value is -2.54. The van der Waals surface area contributed by atoms with Crippen LogP contribution >= 0.6 is 0 Å². The number of rotatable bonds is 8. The largest absolute Gasteiger partial charge is 0.492 e. The van der Waals surface area contributed by atoms with Gasteiger partial charge in [0.1, 0.15) is 12.4 Å². The number of nitrogens with zero attached hydrogens (tertiary/aromatic N) is 1. The predicted molar refractivity (Wildman–Crippen MR) is 117 cm³/mol. The van der Waals surface area contributed by atoms with E-state index in [0.29, 0.717) is 30.9 Å². The molecule has 0 aliphatic heterocycles. The molecule has 0 saturated carbocycles. The lowest BCUT2D eigenvalue weighted by Crippen LogP contribution is -2.30. The molecule has 0 spiro atoms. The molecule has 0 aliphatic carbocycles. The molecule has 0 heterocycles. The summed E-state index contributed by atoms with van der Waals surface area (Å²) in [5.74, 6) is 0.530. The van der Waals surface area contributed by atoms with Gasteiger partial charge in [-0.1, -0.05) is 32.9 Å². The van der Waals surface area contributed by atoms with Crippen molar-refractivity contribution in [3.05, 3.63) is 59.7 Å². The second-order valence-corrected chi connectivity index (χ2v) is 9.76. The lowest BCUT2D eigenvalue weighted by molar-refractivity contribution is 0.0947. The van der Waals surface area contributed by atoms with Crippen molar-refractivity contribution >= 4 is 21.6 Å². The van der Waals surface area contributed by atoms with E-state index < -0.39 is 10.0 Å². The van der Waals surface area contributed by atoms with Crippen LogP contribution in [0.2, 0.25) is 0 Å². The third kappa shape index (κ3) is 6.49. The summed E-state index contributed by atoms with van der Waals surface area (Å²) in [4.78, 5) is 12.3. The van der Waals surface area contributed by atoms with Gasteiger partial charge in [-0.3, -0.25) is 9.10 Å². The fraction of sp³-hybridized carbons (Fsp3) is 0.409. The maximum absolute atomic E-state index is 12.3. The minimum absolute atomic E-state index is 0.0948. The van der Waals surface area contributed by atoms with Crippen molar-refractivity contribution in [2.24, 2.45) is 0 Å². The Labute approximate surface area is 173 Å². The first kappa shape index (κ1) is 22.7. The van der Waals surface area contributed by atoms with Crippen LogP contribution in [0.5, 0.6) is 5.75 Å². The summed E-state index contributed by atoms with van der Waals surface area (Å²) in [6, 6.07) is 14.5. The van der Waals surface area contributed by atoms with Gasteiger partial charge in [-0.25, -0.2) is 8.42 Å². The molecule has 0 bridgehead atoms. The molecule has 158 valence electrons. The molecular weight excluding hydrogens is 388 g/mol. The predicted octanol–water partition coefficient (Wildman–Crippen LogP) is 3.58. The van der Waals surface area contributed by atoms with E-state index in [-0.39, 0.29) is 11.3 Å². The summed E-state index contributed by atoms with van der Waals surface area (Å²) < 4.78 is 30.5. The van der Waals surface area contributed by atoms with Gasteiger partial charge in [0, 0.05) is 12.1 Å². The standard InChI is InChI=1S/C22H30N2O4S/c1-6-24(29(5,26)27)19-11-7-17(8-12-19)21(25)23-15-16-28-20-13-9-18(10-14-20)22(2,3)4/h7-14H,6,15-16H2,1-5H3,(H,23,25). The van der Waals surface area contributed by atoms with Crippen LogP contribution < -0.4 is 14.4 Å². The number of ether oxygens (including phenoxy) is 1. The van der Waals surface area contributed by atoms with Crippen molar-refractivity contribution in [1.29, 1.82) is 0 Å². The van der Waals surface area contributed by atoms with Crippen molar-refractivity contribution in [2.75, 3.05) is 30.3 Å². The lowest BCUT2D eigenvalue weighted by Gasteiger charge is -2.20. The van der Waals surface area contributed by atoms with Gasteiger partial charge in [0.2, 0.25) is 10.0 Å². The van der Waals surface area contributed by atoms with E-state index in [0.717, 1.165) is 12.0 Å². The van der Waals surface area contributed by atoms with E-state index in [9.17, 15) is 13.2 Å². The third-order valence-corrected chi connectivity index (χ3v) is 5.75. The second kappa shape index (κ2) is 9.31. The fourth-order valence-electron chi connectivity index (χ4n) is 2.87. The SMILES string of the molecule is CCN(c1ccc(C(=O)NCCOc2ccc(C(C)(C)C)cc2)cc1)S(C)(=O)=O. The van der Waals surface area contributed by atoms with E-state index in [4.69, 9.17) is 4.74 Å². The number of carbonyl (C=O) groups excluding carboxylic acids is 1. The molecule has 0 fully saturated rings. The number of anilines is 1. The summed E-state index contributed by atoms with van der Waals surface area (Å²) in [6.07, 6.45) is 1.16. The van der Waals surface area contributed by atoms with Gasteiger partial charge in [0.25, 0.3) is 5.91 Å². The Bertz CT molecular complexity index is 915. The molecule has 0 radical (unpaired) electrons. The Balaban J connectivity index is 1.85. The Morgan fingerprint density at radius 2 is 1.62 bits per heavy atom. The minimum atomic E-state index is -3.34. The number of hydrogen-bond acceptors (Lipinski definition) is 4. The fourth-order valence-corrected chi connectivity index (χ4v) is 3.85. The zero-order valence-electron chi connectivity index (χ0n) is 17.7.